The van der Waals surface area contributed by atoms with Crippen LogP contribution < -0.4 is 0 Å². The topological polar surface area (TPSA) is 52.6 Å². The second-order valence-electron chi connectivity index (χ2n) is 7.51. The third-order valence-electron chi connectivity index (χ3n) is 6.54. The van der Waals surface area contributed by atoms with Gasteiger partial charge in [0, 0.05) is 25.3 Å². The Bertz CT molecular complexity index is 1070. The highest BCUT2D eigenvalue weighted by atomic mass is 35.5. The van der Waals surface area contributed by atoms with Crippen LogP contribution in [0, 0.1) is 11.8 Å². The Morgan fingerprint density at radius 3 is 1.52 bits per heavy atom. The van der Waals surface area contributed by atoms with Crippen molar-refractivity contribution < 1.29 is 19.1 Å². The van der Waals surface area contributed by atoms with Gasteiger partial charge in [0.2, 0.25) is 5.79 Å². The number of carbonyl (C=O) groups excluding carboxylic acids is 2. The number of hydrogen-bond acceptors (Lipinski definition) is 4. The summed E-state index contributed by atoms with van der Waals surface area (Å²) in [5.41, 5.74) is 0.564. The standard InChI is InChI=1S/C21H14Cl4O4/c1-28-21(29-2)19(24)13-14(20(21,25)18(23)17(19)22)16(27)12-8-10-6-4-3-5-9(10)7-11(12)15(13)26/h3-8,13-14H,1-2H3/t13-,14+,19+,20-. The van der Waals surface area contributed by atoms with Crippen molar-refractivity contribution in [2.24, 2.45) is 11.8 Å². The van der Waals surface area contributed by atoms with Gasteiger partial charge in [-0.3, -0.25) is 9.59 Å². The van der Waals surface area contributed by atoms with Gasteiger partial charge < -0.3 is 9.47 Å². The fourth-order valence-electron chi connectivity index (χ4n) is 5.34. The molecule has 2 aromatic carbocycles. The van der Waals surface area contributed by atoms with E-state index in [0.717, 1.165) is 10.8 Å². The molecule has 8 heteroatoms. The number of Topliss-reactive ketones (excluding diaryl/α,β-unsaturated/α-hetero) is 2. The van der Waals surface area contributed by atoms with E-state index >= 15 is 0 Å². The summed E-state index contributed by atoms with van der Waals surface area (Å²) >= 11 is 27.0. The average Bonchev–Trinajstić information content (AvgIpc) is 2.99. The minimum atomic E-state index is -1.79. The monoisotopic (exact) mass is 470 g/mol. The number of rotatable bonds is 2. The number of methoxy groups -OCH3 is 2. The highest BCUT2D eigenvalue weighted by molar-refractivity contribution is 6.54. The normalized spacial score (nSPS) is 34.7. The van der Waals surface area contributed by atoms with Crippen LogP contribution in [0.2, 0.25) is 0 Å². The maximum atomic E-state index is 13.7. The highest BCUT2D eigenvalue weighted by Gasteiger charge is 2.87. The zero-order chi connectivity index (χ0) is 20.9. The van der Waals surface area contributed by atoms with Gasteiger partial charge in [0.1, 0.15) is 9.75 Å². The summed E-state index contributed by atoms with van der Waals surface area (Å²) < 4.78 is 11.3. The van der Waals surface area contributed by atoms with Crippen LogP contribution in [0.3, 0.4) is 0 Å². The molecule has 0 saturated heterocycles. The zero-order valence-electron chi connectivity index (χ0n) is 15.3. The fraction of sp³-hybridized carbons (Fsp3) is 0.333. The van der Waals surface area contributed by atoms with E-state index in [4.69, 9.17) is 55.9 Å². The summed E-state index contributed by atoms with van der Waals surface area (Å²) in [5, 5.41) is 1.60. The molecule has 0 N–H and O–H groups in total. The van der Waals surface area contributed by atoms with E-state index in [2.05, 4.69) is 0 Å². The zero-order valence-corrected chi connectivity index (χ0v) is 18.3. The Morgan fingerprint density at radius 2 is 1.17 bits per heavy atom. The van der Waals surface area contributed by atoms with Crippen molar-refractivity contribution in [3.8, 4) is 0 Å². The molecule has 0 radical (unpaired) electrons. The average molecular weight is 472 g/mol. The smallest absolute Gasteiger partial charge is 0.218 e. The second kappa shape index (κ2) is 5.97. The number of benzene rings is 2. The summed E-state index contributed by atoms with van der Waals surface area (Å²) in [6.45, 7) is 0. The van der Waals surface area contributed by atoms with Crippen molar-refractivity contribution >= 4 is 68.7 Å². The van der Waals surface area contributed by atoms with Crippen LogP contribution in [0.5, 0.6) is 0 Å². The Balaban J connectivity index is 1.84. The lowest BCUT2D eigenvalue weighted by molar-refractivity contribution is -0.219. The molecular formula is C21H14Cl4O4. The maximum Gasteiger partial charge on any atom is 0.218 e. The van der Waals surface area contributed by atoms with E-state index < -0.39 is 27.4 Å². The van der Waals surface area contributed by atoms with E-state index in [1.165, 1.54) is 14.2 Å². The number of alkyl halides is 2. The number of ketones is 2. The molecule has 3 aliphatic rings. The molecule has 1 fully saturated rings. The van der Waals surface area contributed by atoms with Crippen LogP contribution >= 0.6 is 46.4 Å². The minimum absolute atomic E-state index is 0.0360. The molecule has 0 aromatic heterocycles. The molecule has 2 aromatic rings. The quantitative estimate of drug-likeness (QED) is 0.451. The molecule has 1 saturated carbocycles. The summed E-state index contributed by atoms with van der Waals surface area (Å²) in [5.74, 6) is -4.64. The lowest BCUT2D eigenvalue weighted by atomic mass is 9.68. The van der Waals surface area contributed by atoms with Crippen LogP contribution in [0.15, 0.2) is 46.5 Å². The maximum absolute atomic E-state index is 13.7. The molecule has 0 spiro atoms. The van der Waals surface area contributed by atoms with E-state index in [-0.39, 0.29) is 32.8 Å². The first kappa shape index (κ1) is 19.8. The van der Waals surface area contributed by atoms with Crippen molar-refractivity contribution in [2.75, 3.05) is 14.2 Å². The van der Waals surface area contributed by atoms with Gasteiger partial charge in [-0.25, -0.2) is 0 Å². The van der Waals surface area contributed by atoms with E-state index in [9.17, 15) is 9.59 Å². The van der Waals surface area contributed by atoms with Gasteiger partial charge in [0.05, 0.1) is 21.9 Å². The summed E-state index contributed by atoms with van der Waals surface area (Å²) in [4.78, 5) is 23.9. The van der Waals surface area contributed by atoms with Gasteiger partial charge in [-0.15, -0.1) is 23.2 Å². The summed E-state index contributed by atoms with van der Waals surface area (Å²) in [6, 6.07) is 10.9. The highest BCUT2D eigenvalue weighted by Crippen LogP contribution is 2.75. The summed E-state index contributed by atoms with van der Waals surface area (Å²) in [7, 11) is 2.68. The number of halogens is 4. The van der Waals surface area contributed by atoms with Crippen molar-refractivity contribution in [3.05, 3.63) is 57.6 Å². The van der Waals surface area contributed by atoms with Gasteiger partial charge >= 0.3 is 0 Å². The predicted molar refractivity (Wildman–Crippen MR) is 112 cm³/mol. The van der Waals surface area contributed by atoms with Crippen molar-refractivity contribution in [1.29, 1.82) is 0 Å². The third kappa shape index (κ3) is 1.88. The molecule has 0 amide bonds. The molecule has 0 aliphatic heterocycles. The molecule has 0 heterocycles. The molecule has 4 atom stereocenters. The van der Waals surface area contributed by atoms with Crippen LogP contribution in [0.1, 0.15) is 20.7 Å². The molecule has 0 unspecified atom stereocenters. The molecule has 3 aliphatic carbocycles. The summed E-state index contributed by atoms with van der Waals surface area (Å²) in [6.07, 6.45) is 0. The van der Waals surface area contributed by atoms with Gasteiger partial charge in [0.15, 0.2) is 11.6 Å². The lowest BCUT2D eigenvalue weighted by Crippen LogP contribution is -2.58. The van der Waals surface area contributed by atoms with Gasteiger partial charge in [-0.1, -0.05) is 47.5 Å². The first-order chi connectivity index (χ1) is 13.7. The lowest BCUT2D eigenvalue weighted by Gasteiger charge is -2.40. The minimum Gasteiger partial charge on any atom is -0.350 e. The van der Waals surface area contributed by atoms with Crippen molar-refractivity contribution in [1.82, 2.24) is 0 Å². The SMILES string of the molecule is COC1(OC)[C@@]2(Cl)C(Cl)=C(Cl)[C@]1(Cl)[C@@H]1C(=O)c3cc4ccccc4cc3C(=O)[C@@H]12. The molecule has 2 bridgehead atoms. The Hall–Kier alpha value is -1.14. The first-order valence-electron chi connectivity index (χ1n) is 8.86. The second-order valence-corrected chi connectivity index (χ2v) is 9.45. The molecule has 4 nitrogen and oxygen atoms in total. The van der Waals surface area contributed by atoms with Crippen LogP contribution in [-0.2, 0) is 9.47 Å². The van der Waals surface area contributed by atoms with Gasteiger partial charge in [0.25, 0.3) is 0 Å². The third-order valence-corrected chi connectivity index (χ3v) is 9.15. The fourth-order valence-corrected chi connectivity index (χ4v) is 7.51. The first-order valence-corrected chi connectivity index (χ1v) is 10.4. The van der Waals surface area contributed by atoms with Gasteiger partial charge in [-0.2, -0.15) is 0 Å². The van der Waals surface area contributed by atoms with Crippen molar-refractivity contribution in [2.45, 2.75) is 15.5 Å². The van der Waals surface area contributed by atoms with Crippen LogP contribution in [0.25, 0.3) is 10.8 Å². The van der Waals surface area contributed by atoms with Crippen LogP contribution in [0.4, 0.5) is 0 Å². The Labute approximate surface area is 186 Å². The predicted octanol–water partition coefficient (Wildman–Crippen LogP) is 5.11. The van der Waals surface area contributed by atoms with E-state index in [1.807, 2.05) is 24.3 Å². The largest absolute Gasteiger partial charge is 0.350 e. The molecule has 29 heavy (non-hydrogen) atoms. The number of carbonyl (C=O) groups is 2. The Morgan fingerprint density at radius 1 is 0.793 bits per heavy atom. The van der Waals surface area contributed by atoms with E-state index in [0.29, 0.717) is 0 Å². The van der Waals surface area contributed by atoms with Crippen molar-refractivity contribution in [3.63, 3.8) is 0 Å². The molecule has 150 valence electrons. The van der Waals surface area contributed by atoms with E-state index in [1.54, 1.807) is 12.1 Å². The number of fused-ring (bicyclic) bond motifs is 7. The van der Waals surface area contributed by atoms with Gasteiger partial charge in [-0.05, 0) is 22.9 Å². The Kier molecular flexibility index (Phi) is 4.08. The number of ether oxygens (including phenoxy) is 2. The number of hydrogen-bond donors (Lipinski definition) is 0. The molecule has 5 rings (SSSR count). The van der Waals surface area contributed by atoms with Crippen LogP contribution in [-0.4, -0.2) is 41.3 Å². The molecular weight excluding hydrogens is 458 g/mol.